The molecule has 0 aromatic carbocycles. The Hall–Kier alpha value is -0.0900. The van der Waals surface area contributed by atoms with Crippen molar-refractivity contribution < 1.29 is 0 Å². The maximum Gasteiger partial charge on any atom is 0.0931 e. The van der Waals surface area contributed by atoms with Gasteiger partial charge in [-0.05, 0) is 30.9 Å². The highest BCUT2D eigenvalue weighted by atomic mass is 35.5. The third kappa shape index (κ3) is 3.56. The summed E-state index contributed by atoms with van der Waals surface area (Å²) in [4.78, 5) is 4.04. The molecule has 0 spiro atoms. The Kier molecular flexibility index (Phi) is 5.17. The van der Waals surface area contributed by atoms with Crippen LogP contribution in [0.3, 0.4) is 0 Å². The minimum absolute atomic E-state index is 0.295. The molecule has 1 N–H and O–H groups in total. The Balaban J connectivity index is 2.16. The lowest BCUT2D eigenvalue weighted by Gasteiger charge is -2.47. The number of nitrogens with zero attached hydrogens (tertiary/aromatic N) is 1. The standard InChI is InChI=1S/C16H27ClN2S/c1-6-12-9-18-14(16(3,4)5)10-19(12)11(2)13-7-8-15(17)20-13/h7-8,11-12,14,18H,6,9-10H2,1-5H3. The van der Waals surface area contributed by atoms with Crippen LogP contribution in [-0.4, -0.2) is 30.1 Å². The number of hydrogen-bond donors (Lipinski definition) is 1. The molecule has 2 rings (SSSR count). The summed E-state index contributed by atoms with van der Waals surface area (Å²) in [5.74, 6) is 0. The van der Waals surface area contributed by atoms with Gasteiger partial charge in [0, 0.05) is 36.1 Å². The topological polar surface area (TPSA) is 15.3 Å². The Bertz CT molecular complexity index is 438. The maximum atomic E-state index is 6.10. The molecule has 4 heteroatoms. The number of rotatable bonds is 3. The molecule has 20 heavy (non-hydrogen) atoms. The minimum atomic E-state index is 0.295. The largest absolute Gasteiger partial charge is 0.311 e. The lowest BCUT2D eigenvalue weighted by Crippen LogP contribution is -2.60. The van der Waals surface area contributed by atoms with Crippen LogP contribution < -0.4 is 5.32 Å². The van der Waals surface area contributed by atoms with E-state index in [0.29, 0.717) is 23.5 Å². The number of nitrogens with one attached hydrogen (secondary N) is 1. The quantitative estimate of drug-likeness (QED) is 0.879. The van der Waals surface area contributed by atoms with E-state index in [1.807, 2.05) is 6.07 Å². The van der Waals surface area contributed by atoms with E-state index in [2.05, 4.69) is 50.9 Å². The molecule has 2 nitrogen and oxygen atoms in total. The minimum Gasteiger partial charge on any atom is -0.311 e. The van der Waals surface area contributed by atoms with Gasteiger partial charge >= 0.3 is 0 Å². The lowest BCUT2D eigenvalue weighted by molar-refractivity contribution is 0.0542. The first-order valence-corrected chi connectivity index (χ1v) is 8.76. The molecule has 3 unspecified atom stereocenters. The van der Waals surface area contributed by atoms with Gasteiger partial charge in [-0.3, -0.25) is 4.90 Å². The van der Waals surface area contributed by atoms with Crippen LogP contribution in [0.2, 0.25) is 4.34 Å². The molecule has 1 aromatic heterocycles. The van der Waals surface area contributed by atoms with Gasteiger partial charge in [-0.2, -0.15) is 0 Å². The Morgan fingerprint density at radius 2 is 2.15 bits per heavy atom. The molecule has 1 saturated heterocycles. The fraction of sp³-hybridized carbons (Fsp3) is 0.750. The number of halogens is 1. The SMILES string of the molecule is CCC1CNC(C(C)(C)C)CN1C(C)c1ccc(Cl)s1. The summed E-state index contributed by atoms with van der Waals surface area (Å²) in [6, 6.07) is 5.80. The number of thiophene rings is 1. The normalized spacial score (nSPS) is 26.7. The first-order valence-electron chi connectivity index (χ1n) is 7.57. The van der Waals surface area contributed by atoms with Gasteiger partial charge in [0.05, 0.1) is 4.34 Å². The van der Waals surface area contributed by atoms with Gasteiger partial charge < -0.3 is 5.32 Å². The van der Waals surface area contributed by atoms with Gasteiger partial charge in [0.1, 0.15) is 0 Å². The lowest BCUT2D eigenvalue weighted by atomic mass is 9.84. The van der Waals surface area contributed by atoms with Crippen molar-refractivity contribution in [3.05, 3.63) is 21.3 Å². The summed E-state index contributed by atoms with van der Waals surface area (Å²) >= 11 is 7.82. The fourth-order valence-electron chi connectivity index (χ4n) is 2.97. The zero-order valence-electron chi connectivity index (χ0n) is 13.2. The third-order valence-electron chi connectivity index (χ3n) is 4.48. The first-order chi connectivity index (χ1) is 9.32. The van der Waals surface area contributed by atoms with E-state index < -0.39 is 0 Å². The molecule has 0 radical (unpaired) electrons. The van der Waals surface area contributed by atoms with Crippen LogP contribution in [0.5, 0.6) is 0 Å². The second-order valence-electron chi connectivity index (χ2n) is 6.90. The monoisotopic (exact) mass is 314 g/mol. The molecule has 0 amide bonds. The van der Waals surface area contributed by atoms with Crippen LogP contribution >= 0.6 is 22.9 Å². The predicted molar refractivity (Wildman–Crippen MR) is 89.8 cm³/mol. The van der Waals surface area contributed by atoms with E-state index >= 15 is 0 Å². The van der Waals surface area contributed by atoms with Gasteiger partial charge in [-0.25, -0.2) is 0 Å². The van der Waals surface area contributed by atoms with Crippen LogP contribution in [0.1, 0.15) is 52.0 Å². The Morgan fingerprint density at radius 1 is 1.45 bits per heavy atom. The summed E-state index contributed by atoms with van der Waals surface area (Å²) in [6.07, 6.45) is 1.19. The average Bonchev–Trinajstić information content (AvgIpc) is 2.82. The smallest absolute Gasteiger partial charge is 0.0931 e. The third-order valence-corrected chi connectivity index (χ3v) is 5.88. The van der Waals surface area contributed by atoms with Crippen molar-refractivity contribution in [3.63, 3.8) is 0 Å². The van der Waals surface area contributed by atoms with Crippen molar-refractivity contribution in [1.82, 2.24) is 10.2 Å². The van der Waals surface area contributed by atoms with Gasteiger partial charge in [-0.15, -0.1) is 11.3 Å². The molecule has 1 aliphatic heterocycles. The fourth-order valence-corrected chi connectivity index (χ4v) is 4.10. The van der Waals surface area contributed by atoms with E-state index in [0.717, 1.165) is 17.4 Å². The van der Waals surface area contributed by atoms with Crippen molar-refractivity contribution in [2.45, 2.75) is 59.2 Å². The predicted octanol–water partition coefficient (Wildman–Crippen LogP) is 4.56. The van der Waals surface area contributed by atoms with Gasteiger partial charge in [0.25, 0.3) is 0 Å². The molecular weight excluding hydrogens is 288 g/mol. The van der Waals surface area contributed by atoms with Crippen molar-refractivity contribution >= 4 is 22.9 Å². The van der Waals surface area contributed by atoms with Crippen LogP contribution in [-0.2, 0) is 0 Å². The molecule has 0 saturated carbocycles. The first kappa shape index (κ1) is 16.3. The van der Waals surface area contributed by atoms with Crippen LogP contribution in [0.25, 0.3) is 0 Å². The molecular formula is C16H27ClN2S. The molecule has 1 aliphatic rings. The van der Waals surface area contributed by atoms with E-state index in [-0.39, 0.29) is 0 Å². The van der Waals surface area contributed by atoms with E-state index in [1.54, 1.807) is 11.3 Å². The summed E-state index contributed by atoms with van der Waals surface area (Å²) < 4.78 is 0.891. The summed E-state index contributed by atoms with van der Waals surface area (Å²) in [6.45, 7) is 13.8. The van der Waals surface area contributed by atoms with Crippen LogP contribution in [0, 0.1) is 5.41 Å². The molecule has 3 atom stereocenters. The summed E-state index contributed by atoms with van der Waals surface area (Å²) in [5.41, 5.74) is 0.295. The van der Waals surface area contributed by atoms with Crippen molar-refractivity contribution in [2.24, 2.45) is 5.41 Å². The van der Waals surface area contributed by atoms with E-state index in [1.165, 1.54) is 11.3 Å². The van der Waals surface area contributed by atoms with Gasteiger partial charge in [-0.1, -0.05) is 39.3 Å². The highest BCUT2D eigenvalue weighted by Gasteiger charge is 2.35. The zero-order valence-corrected chi connectivity index (χ0v) is 14.8. The number of piperazine rings is 1. The maximum absolute atomic E-state index is 6.10. The summed E-state index contributed by atoms with van der Waals surface area (Å²) in [5, 5.41) is 3.74. The molecule has 0 bridgehead atoms. The van der Waals surface area contributed by atoms with Crippen LogP contribution in [0.15, 0.2) is 12.1 Å². The van der Waals surface area contributed by atoms with Crippen molar-refractivity contribution in [1.29, 1.82) is 0 Å². The van der Waals surface area contributed by atoms with Gasteiger partial charge in [0.2, 0.25) is 0 Å². The van der Waals surface area contributed by atoms with Crippen molar-refractivity contribution in [3.8, 4) is 0 Å². The average molecular weight is 315 g/mol. The molecule has 0 aliphatic carbocycles. The second-order valence-corrected chi connectivity index (χ2v) is 8.65. The molecule has 114 valence electrons. The van der Waals surface area contributed by atoms with Gasteiger partial charge in [0.15, 0.2) is 0 Å². The number of hydrogen-bond acceptors (Lipinski definition) is 3. The second kappa shape index (κ2) is 6.35. The highest BCUT2D eigenvalue weighted by Crippen LogP contribution is 2.34. The Morgan fingerprint density at radius 3 is 2.65 bits per heavy atom. The van der Waals surface area contributed by atoms with Crippen LogP contribution in [0.4, 0.5) is 0 Å². The molecule has 2 heterocycles. The zero-order chi connectivity index (χ0) is 14.9. The van der Waals surface area contributed by atoms with E-state index in [4.69, 9.17) is 11.6 Å². The summed E-state index contributed by atoms with van der Waals surface area (Å²) in [7, 11) is 0. The molecule has 1 aromatic rings. The Labute approximate surface area is 132 Å². The highest BCUT2D eigenvalue weighted by molar-refractivity contribution is 7.16. The molecule has 1 fully saturated rings. The van der Waals surface area contributed by atoms with E-state index in [9.17, 15) is 0 Å². The van der Waals surface area contributed by atoms with Crippen molar-refractivity contribution in [2.75, 3.05) is 13.1 Å².